The van der Waals surface area contributed by atoms with E-state index < -0.39 is 11.9 Å². The number of carboxylic acids is 2. The van der Waals surface area contributed by atoms with E-state index in [1.54, 1.807) is 0 Å². The summed E-state index contributed by atoms with van der Waals surface area (Å²) in [4.78, 5) is 18.4. The van der Waals surface area contributed by atoms with Crippen LogP contribution in [0.2, 0.25) is 0 Å². The Morgan fingerprint density at radius 3 is 1.27 bits per heavy atom. The van der Waals surface area contributed by atoms with Gasteiger partial charge in [-0.2, -0.15) is 0 Å². The SMILES string of the molecule is C=C(C)C(=O)[O-].CC(=O)[O-].[Ca+2]. The monoisotopic (exact) mass is 184 g/mol. The Hall–Kier alpha value is -0.0603. The molecule has 0 saturated heterocycles. The van der Waals surface area contributed by atoms with Gasteiger partial charge in [-0.15, -0.1) is 0 Å². The van der Waals surface area contributed by atoms with Gasteiger partial charge in [0.15, 0.2) is 0 Å². The first kappa shape index (κ1) is 17.1. The Morgan fingerprint density at radius 1 is 1.18 bits per heavy atom. The summed E-state index contributed by atoms with van der Waals surface area (Å²) in [5.74, 6) is -2.27. The molecule has 11 heavy (non-hydrogen) atoms. The van der Waals surface area contributed by atoms with Crippen molar-refractivity contribution in [3.63, 3.8) is 0 Å². The maximum atomic E-state index is 9.49. The molecule has 58 valence electrons. The molecule has 0 aromatic heterocycles. The molecule has 0 amide bonds. The Labute approximate surface area is 94.9 Å². The molecule has 0 N–H and O–H groups in total. The largest absolute Gasteiger partial charge is 2.00 e. The molecule has 0 rings (SSSR count). The minimum atomic E-state index is -1.19. The number of carbonyl (C=O) groups is 2. The summed E-state index contributed by atoms with van der Waals surface area (Å²) in [6.45, 7) is 5.45. The predicted molar refractivity (Wildman–Crippen MR) is 36.3 cm³/mol. The maximum absolute atomic E-state index is 9.49. The van der Waals surface area contributed by atoms with Crippen molar-refractivity contribution in [1.29, 1.82) is 0 Å². The van der Waals surface area contributed by atoms with Gasteiger partial charge in [0.2, 0.25) is 0 Å². The Kier molecular flexibility index (Phi) is 15.5. The second-order valence-corrected chi connectivity index (χ2v) is 1.56. The minimum absolute atomic E-state index is 0. The number of rotatable bonds is 1. The molecule has 0 saturated carbocycles. The molecule has 0 aliphatic heterocycles. The molecule has 5 heteroatoms. The zero-order valence-corrected chi connectivity index (χ0v) is 8.76. The summed E-state index contributed by atoms with van der Waals surface area (Å²) >= 11 is 0. The molecule has 0 aliphatic carbocycles. The van der Waals surface area contributed by atoms with Crippen LogP contribution >= 0.6 is 0 Å². The average Bonchev–Trinajstić information content (AvgIpc) is 1.63. The van der Waals surface area contributed by atoms with E-state index >= 15 is 0 Å². The third-order valence-corrected chi connectivity index (χ3v) is 0.348. The van der Waals surface area contributed by atoms with E-state index in [-0.39, 0.29) is 43.3 Å². The van der Waals surface area contributed by atoms with E-state index in [9.17, 15) is 9.90 Å². The topological polar surface area (TPSA) is 80.3 Å². The van der Waals surface area contributed by atoms with Crippen LogP contribution in [0.3, 0.4) is 0 Å². The van der Waals surface area contributed by atoms with Crippen molar-refractivity contribution in [2.75, 3.05) is 0 Å². The quantitative estimate of drug-likeness (QED) is 0.338. The van der Waals surface area contributed by atoms with E-state index in [1.807, 2.05) is 0 Å². The number of carbonyl (C=O) groups excluding carboxylic acids is 2. The van der Waals surface area contributed by atoms with Gasteiger partial charge in [0.25, 0.3) is 0 Å². The first-order valence-electron chi connectivity index (χ1n) is 2.42. The molecule has 4 nitrogen and oxygen atoms in total. The van der Waals surface area contributed by atoms with Gasteiger partial charge in [-0.1, -0.05) is 6.58 Å². The molecule has 0 aliphatic rings. The van der Waals surface area contributed by atoms with Crippen molar-refractivity contribution in [2.45, 2.75) is 13.8 Å². The zero-order chi connectivity index (χ0) is 8.73. The fourth-order valence-corrected chi connectivity index (χ4v) is 0. The van der Waals surface area contributed by atoms with Crippen molar-refractivity contribution < 1.29 is 19.8 Å². The van der Waals surface area contributed by atoms with Crippen molar-refractivity contribution in [3.8, 4) is 0 Å². The standard InChI is InChI=1S/C4H6O2.C2H4O2.Ca/c1-3(2)4(5)6;1-2(3)4;/h1H2,2H3,(H,5,6);1H3,(H,3,4);/q;;+2/p-2. The van der Waals surface area contributed by atoms with Crippen LogP contribution < -0.4 is 10.2 Å². The van der Waals surface area contributed by atoms with Crippen molar-refractivity contribution >= 4 is 49.7 Å². The van der Waals surface area contributed by atoms with Crippen LogP contribution in [0.4, 0.5) is 0 Å². The van der Waals surface area contributed by atoms with Gasteiger partial charge in [0, 0.05) is 5.97 Å². The average molecular weight is 184 g/mol. The third kappa shape index (κ3) is 40.4. The Bertz CT molecular complexity index is 137. The fourth-order valence-electron chi connectivity index (χ4n) is 0. The Balaban J connectivity index is -0.000000114. The molecule has 0 heterocycles. The summed E-state index contributed by atoms with van der Waals surface area (Å²) in [6.07, 6.45) is 0. The Morgan fingerprint density at radius 2 is 1.27 bits per heavy atom. The molecule has 0 unspecified atom stereocenters. The molecule has 0 spiro atoms. The summed E-state index contributed by atoms with van der Waals surface area (Å²) in [5, 5.41) is 18.4. The third-order valence-electron chi connectivity index (χ3n) is 0.348. The van der Waals surface area contributed by atoms with E-state index in [1.165, 1.54) is 6.92 Å². The second kappa shape index (κ2) is 9.94. The van der Waals surface area contributed by atoms with Crippen molar-refractivity contribution in [1.82, 2.24) is 0 Å². The van der Waals surface area contributed by atoms with Crippen LogP contribution in [-0.4, -0.2) is 49.7 Å². The van der Waals surface area contributed by atoms with Gasteiger partial charge in [-0.3, -0.25) is 0 Å². The fraction of sp³-hybridized carbons (Fsp3) is 0.333. The summed E-state index contributed by atoms with van der Waals surface area (Å²) < 4.78 is 0. The molecular formula is C6H8CaO4. The second-order valence-electron chi connectivity index (χ2n) is 1.56. The van der Waals surface area contributed by atoms with Crippen LogP contribution in [0.25, 0.3) is 0 Å². The van der Waals surface area contributed by atoms with Crippen LogP contribution in [-0.2, 0) is 9.59 Å². The van der Waals surface area contributed by atoms with Crippen LogP contribution in [0.5, 0.6) is 0 Å². The van der Waals surface area contributed by atoms with E-state index in [4.69, 9.17) is 9.90 Å². The van der Waals surface area contributed by atoms with E-state index in [0.717, 1.165) is 6.92 Å². The van der Waals surface area contributed by atoms with Gasteiger partial charge in [-0.05, 0) is 19.4 Å². The maximum Gasteiger partial charge on any atom is 2.00 e. The first-order valence-corrected chi connectivity index (χ1v) is 2.42. The predicted octanol–water partition coefficient (Wildman–Crippen LogP) is -2.31. The molecule has 0 aromatic carbocycles. The van der Waals surface area contributed by atoms with E-state index in [2.05, 4.69) is 6.58 Å². The normalized spacial score (nSPS) is 6.36. The van der Waals surface area contributed by atoms with Gasteiger partial charge < -0.3 is 19.8 Å². The van der Waals surface area contributed by atoms with Gasteiger partial charge in [-0.25, -0.2) is 0 Å². The smallest absolute Gasteiger partial charge is 0.550 e. The summed E-state index contributed by atoms with van der Waals surface area (Å²) in [7, 11) is 0. The van der Waals surface area contributed by atoms with Gasteiger partial charge in [0.05, 0.1) is 5.97 Å². The van der Waals surface area contributed by atoms with Crippen molar-refractivity contribution in [3.05, 3.63) is 12.2 Å². The number of carboxylic acid groups (broad SMARTS) is 2. The van der Waals surface area contributed by atoms with Crippen LogP contribution in [0.1, 0.15) is 13.8 Å². The van der Waals surface area contributed by atoms with Gasteiger partial charge >= 0.3 is 37.7 Å². The summed E-state index contributed by atoms with van der Waals surface area (Å²) in [5.41, 5.74) is 0.0648. The summed E-state index contributed by atoms with van der Waals surface area (Å²) in [6, 6.07) is 0. The number of aliphatic carboxylic acids is 2. The van der Waals surface area contributed by atoms with E-state index in [0.29, 0.717) is 0 Å². The first-order chi connectivity index (χ1) is 4.37. The minimum Gasteiger partial charge on any atom is -0.550 e. The van der Waals surface area contributed by atoms with Gasteiger partial charge in [0.1, 0.15) is 0 Å². The molecule has 0 fully saturated rings. The van der Waals surface area contributed by atoms with Crippen LogP contribution in [0, 0.1) is 0 Å². The molecule has 0 aromatic rings. The zero-order valence-electron chi connectivity index (χ0n) is 6.55. The molecule has 0 atom stereocenters. The van der Waals surface area contributed by atoms with Crippen molar-refractivity contribution in [2.24, 2.45) is 0 Å². The molecular weight excluding hydrogens is 176 g/mol. The molecule has 0 radical (unpaired) electrons. The number of hydrogen-bond acceptors (Lipinski definition) is 4. The van der Waals surface area contributed by atoms with Crippen LogP contribution in [0.15, 0.2) is 12.2 Å². The molecule has 0 bridgehead atoms. The number of hydrogen-bond donors (Lipinski definition) is 0.